The smallest absolute Gasteiger partial charge is 0.227 e. The van der Waals surface area contributed by atoms with Gasteiger partial charge in [0.1, 0.15) is 5.82 Å². The molecule has 2 aliphatic heterocycles. The second kappa shape index (κ2) is 6.65. The Labute approximate surface area is 164 Å². The quantitative estimate of drug-likeness (QED) is 0.707. The molecule has 2 heterocycles. The second-order valence-corrected chi connectivity index (χ2v) is 9.37. The highest BCUT2D eigenvalue weighted by atomic mass is 79.9. The van der Waals surface area contributed by atoms with Gasteiger partial charge in [0.05, 0.1) is 10.9 Å². The van der Waals surface area contributed by atoms with E-state index in [0.717, 1.165) is 4.47 Å². The van der Waals surface area contributed by atoms with Crippen LogP contribution in [0.1, 0.15) is 18.0 Å². The van der Waals surface area contributed by atoms with Crippen LogP contribution in [0.4, 0.5) is 8.78 Å². The fourth-order valence-corrected chi connectivity index (χ4v) is 5.32. The molecule has 4 rings (SSSR count). The molecule has 0 aromatic heterocycles. The number of sulfone groups is 1. The summed E-state index contributed by atoms with van der Waals surface area (Å²) >= 11 is 3.27. The summed E-state index contributed by atoms with van der Waals surface area (Å²) in [6, 6.07) is 11.7. The van der Waals surface area contributed by atoms with Crippen LogP contribution >= 0.6 is 15.9 Å². The van der Waals surface area contributed by atoms with Gasteiger partial charge in [-0.25, -0.2) is 22.2 Å². The summed E-state index contributed by atoms with van der Waals surface area (Å²) in [6.45, 7) is 0. The number of amidine groups is 1. The Balaban J connectivity index is 1.72. The number of fused-ring (bicyclic) bond motifs is 1. The topological polar surface area (TPSA) is 53.0 Å². The number of aliphatic imine (C=N–C) groups is 1. The molecule has 0 spiro atoms. The highest BCUT2D eigenvalue weighted by molar-refractivity contribution is 9.10. The molecule has 9 heteroatoms. The van der Waals surface area contributed by atoms with Gasteiger partial charge in [-0.3, -0.25) is 5.01 Å². The van der Waals surface area contributed by atoms with E-state index in [1.165, 1.54) is 35.3 Å². The van der Waals surface area contributed by atoms with Crippen molar-refractivity contribution in [3.63, 3.8) is 0 Å². The van der Waals surface area contributed by atoms with E-state index in [2.05, 4.69) is 20.9 Å². The third-order valence-corrected chi connectivity index (χ3v) is 7.25. The monoisotopic (exact) mass is 455 g/mol. The zero-order chi connectivity index (χ0) is 19.3. The van der Waals surface area contributed by atoms with Crippen molar-refractivity contribution < 1.29 is 17.2 Å². The summed E-state index contributed by atoms with van der Waals surface area (Å²) in [5, 5.41) is 2.84. The lowest BCUT2D eigenvalue weighted by Crippen LogP contribution is -2.44. The first-order valence-corrected chi connectivity index (χ1v) is 10.6. The van der Waals surface area contributed by atoms with Crippen LogP contribution in [0.25, 0.3) is 0 Å². The van der Waals surface area contributed by atoms with Crippen LogP contribution in [0.5, 0.6) is 0 Å². The normalized spacial score (nSPS) is 25.6. The zero-order valence-corrected chi connectivity index (χ0v) is 16.7. The first kappa shape index (κ1) is 18.5. The molecular formula is C18H16BrF2N3O2S. The number of hydrogen-bond donors (Lipinski definition) is 0. The summed E-state index contributed by atoms with van der Waals surface area (Å²) in [5.41, 5.74) is -0.972. The molecule has 3 unspecified atom stereocenters. The average Bonchev–Trinajstić information content (AvgIpc) is 3.14. The van der Waals surface area contributed by atoms with Gasteiger partial charge in [0.25, 0.3) is 0 Å². The lowest BCUT2D eigenvalue weighted by molar-refractivity contribution is 0.0530. The van der Waals surface area contributed by atoms with Crippen LogP contribution in [0.2, 0.25) is 0 Å². The molecule has 1 saturated heterocycles. The largest absolute Gasteiger partial charge is 0.280 e. The number of nitrogens with zero attached hydrogens (tertiary/aromatic N) is 3. The molecule has 0 saturated carbocycles. The van der Waals surface area contributed by atoms with Gasteiger partial charge in [-0.2, -0.15) is 5.01 Å². The van der Waals surface area contributed by atoms with E-state index in [4.69, 9.17) is 0 Å². The fourth-order valence-electron chi connectivity index (χ4n) is 3.55. The number of hydrazine groups is 1. The van der Waals surface area contributed by atoms with Crippen molar-refractivity contribution in [3.8, 4) is 0 Å². The molecule has 0 radical (unpaired) electrons. The van der Waals surface area contributed by atoms with Crippen molar-refractivity contribution in [2.75, 3.05) is 7.05 Å². The van der Waals surface area contributed by atoms with E-state index in [9.17, 15) is 17.2 Å². The van der Waals surface area contributed by atoms with Gasteiger partial charge in [-0.1, -0.05) is 34.1 Å². The van der Waals surface area contributed by atoms with Gasteiger partial charge < -0.3 is 0 Å². The summed E-state index contributed by atoms with van der Waals surface area (Å²) in [6.07, 6.45) is -1.43. The van der Waals surface area contributed by atoms with Crippen LogP contribution in [0.15, 0.2) is 62.9 Å². The highest BCUT2D eigenvalue weighted by Gasteiger charge is 2.51. The summed E-state index contributed by atoms with van der Waals surface area (Å²) in [4.78, 5) is 4.25. The number of halogens is 3. The number of rotatable bonds is 3. The van der Waals surface area contributed by atoms with Gasteiger partial charge in [-0.05, 0) is 30.3 Å². The first-order chi connectivity index (χ1) is 12.8. The van der Waals surface area contributed by atoms with Crippen molar-refractivity contribution >= 4 is 31.6 Å². The Bertz CT molecular complexity index is 1010. The Hall–Kier alpha value is -1.84. The van der Waals surface area contributed by atoms with Crippen LogP contribution in [-0.2, 0) is 9.84 Å². The fraction of sp³-hybridized carbons (Fsp3) is 0.278. The van der Waals surface area contributed by atoms with Crippen LogP contribution in [-0.4, -0.2) is 43.0 Å². The van der Waals surface area contributed by atoms with Crippen molar-refractivity contribution in [1.82, 2.24) is 10.0 Å². The molecule has 142 valence electrons. The van der Waals surface area contributed by atoms with Gasteiger partial charge >= 0.3 is 0 Å². The Morgan fingerprint density at radius 3 is 2.48 bits per heavy atom. The van der Waals surface area contributed by atoms with Crippen molar-refractivity contribution in [1.29, 1.82) is 0 Å². The number of benzene rings is 2. The standard InChI is InChI=1S/C18H16BrF2N3O2S/c1-23-18(27(25,26)12-8-6-11(19)7-9-12)22-17-15(21)10-16(24(17)23)13-4-2-3-5-14(13)20/h2-9,15-16,18H,10H2,1H3. The van der Waals surface area contributed by atoms with E-state index in [-0.39, 0.29) is 17.2 Å². The highest BCUT2D eigenvalue weighted by Crippen LogP contribution is 2.42. The predicted molar refractivity (Wildman–Crippen MR) is 101 cm³/mol. The minimum Gasteiger partial charge on any atom is -0.280 e. The maximum atomic E-state index is 14.6. The third kappa shape index (κ3) is 2.97. The summed E-state index contributed by atoms with van der Waals surface area (Å²) < 4.78 is 55.7. The average molecular weight is 456 g/mol. The molecule has 0 N–H and O–H groups in total. The molecule has 27 heavy (non-hydrogen) atoms. The molecule has 2 aromatic carbocycles. The van der Waals surface area contributed by atoms with Crippen LogP contribution in [0, 0.1) is 5.82 Å². The maximum Gasteiger partial charge on any atom is 0.227 e. The Morgan fingerprint density at radius 1 is 1.15 bits per heavy atom. The summed E-state index contributed by atoms with van der Waals surface area (Å²) in [7, 11) is -2.34. The molecule has 1 fully saturated rings. The van der Waals surface area contributed by atoms with E-state index >= 15 is 0 Å². The lowest BCUT2D eigenvalue weighted by atomic mass is 10.0. The predicted octanol–water partition coefficient (Wildman–Crippen LogP) is 3.69. The molecule has 0 bridgehead atoms. The maximum absolute atomic E-state index is 14.6. The molecule has 0 aliphatic carbocycles. The van der Waals surface area contributed by atoms with E-state index in [1.54, 1.807) is 30.3 Å². The number of alkyl halides is 1. The van der Waals surface area contributed by atoms with E-state index in [1.807, 2.05) is 0 Å². The molecule has 3 atom stereocenters. The minimum absolute atomic E-state index is 0.0230. The molecule has 0 amide bonds. The Morgan fingerprint density at radius 2 is 1.81 bits per heavy atom. The lowest BCUT2D eigenvalue weighted by Gasteiger charge is -2.32. The second-order valence-electron chi connectivity index (χ2n) is 6.47. The van der Waals surface area contributed by atoms with Crippen molar-refractivity contribution in [2.24, 2.45) is 4.99 Å². The zero-order valence-electron chi connectivity index (χ0n) is 14.3. The minimum atomic E-state index is -3.87. The van der Waals surface area contributed by atoms with E-state index in [0.29, 0.717) is 5.56 Å². The first-order valence-electron chi connectivity index (χ1n) is 8.28. The number of hydrogen-bond acceptors (Lipinski definition) is 5. The van der Waals surface area contributed by atoms with Crippen LogP contribution in [0.3, 0.4) is 0 Å². The van der Waals surface area contributed by atoms with Gasteiger partial charge in [0.2, 0.25) is 15.3 Å². The molecule has 5 nitrogen and oxygen atoms in total. The van der Waals surface area contributed by atoms with Crippen molar-refractivity contribution in [2.45, 2.75) is 29.0 Å². The molecule has 2 aliphatic rings. The Kier molecular flexibility index (Phi) is 4.56. The summed E-state index contributed by atoms with van der Waals surface area (Å²) in [5.74, 6) is -0.431. The van der Waals surface area contributed by atoms with E-state index < -0.39 is 33.4 Å². The molecule has 2 aromatic rings. The van der Waals surface area contributed by atoms with Gasteiger partial charge in [-0.15, -0.1) is 0 Å². The third-order valence-electron chi connectivity index (χ3n) is 4.83. The van der Waals surface area contributed by atoms with Crippen molar-refractivity contribution in [3.05, 3.63) is 64.4 Å². The van der Waals surface area contributed by atoms with Gasteiger partial charge in [0.15, 0.2) is 12.0 Å². The van der Waals surface area contributed by atoms with Crippen LogP contribution < -0.4 is 0 Å². The van der Waals surface area contributed by atoms with Gasteiger partial charge in [0, 0.05) is 23.5 Å². The SMILES string of the molecule is CN1C(S(=O)(=O)c2ccc(Br)cc2)N=C2C(F)CC(c3ccccc3F)N21. The molecular weight excluding hydrogens is 440 g/mol.